The highest BCUT2D eigenvalue weighted by atomic mass is 35.5. The minimum atomic E-state index is -0.712. The molecule has 1 saturated heterocycles. The van der Waals surface area contributed by atoms with Gasteiger partial charge in [-0.2, -0.15) is 0 Å². The van der Waals surface area contributed by atoms with Crippen LogP contribution in [0.25, 0.3) is 0 Å². The van der Waals surface area contributed by atoms with Crippen LogP contribution in [0.15, 0.2) is 42.5 Å². The van der Waals surface area contributed by atoms with Crippen LogP contribution in [0.3, 0.4) is 0 Å². The Balaban J connectivity index is 1.72. The summed E-state index contributed by atoms with van der Waals surface area (Å²) in [5.41, 5.74) is 2.54. The van der Waals surface area contributed by atoms with Crippen molar-refractivity contribution in [2.24, 2.45) is 5.92 Å². The molecule has 0 aromatic heterocycles. The van der Waals surface area contributed by atoms with Gasteiger partial charge in [-0.1, -0.05) is 43.6 Å². The third-order valence-electron chi connectivity index (χ3n) is 5.20. The van der Waals surface area contributed by atoms with Crippen molar-refractivity contribution in [3.63, 3.8) is 0 Å². The number of hydrogen-bond donors (Lipinski definition) is 2. The van der Waals surface area contributed by atoms with E-state index in [1.165, 1.54) is 0 Å². The summed E-state index contributed by atoms with van der Waals surface area (Å²) < 4.78 is 0. The normalized spacial score (nSPS) is 14.7. The first kappa shape index (κ1) is 21.8. The van der Waals surface area contributed by atoms with E-state index in [1.54, 1.807) is 35.2 Å². The van der Waals surface area contributed by atoms with Gasteiger partial charge in [-0.3, -0.25) is 14.4 Å². The highest BCUT2D eigenvalue weighted by molar-refractivity contribution is 6.34. The number of aryl methyl sites for hydroxylation is 1. The van der Waals surface area contributed by atoms with Crippen molar-refractivity contribution in [1.29, 1.82) is 0 Å². The fourth-order valence-electron chi connectivity index (χ4n) is 3.51. The SMILES string of the molecule is Cc1ccccc1C(=O)N[C@@H](C(=O)Nc1ccc(N2CCCC2=O)c(Cl)c1)C(C)C. The van der Waals surface area contributed by atoms with E-state index in [2.05, 4.69) is 10.6 Å². The Hall–Kier alpha value is -2.86. The Labute approximate surface area is 181 Å². The summed E-state index contributed by atoms with van der Waals surface area (Å²) in [4.78, 5) is 39.2. The van der Waals surface area contributed by atoms with Crippen molar-refractivity contribution in [2.45, 2.75) is 39.7 Å². The largest absolute Gasteiger partial charge is 0.340 e. The van der Waals surface area contributed by atoms with E-state index >= 15 is 0 Å². The molecule has 3 amide bonds. The summed E-state index contributed by atoms with van der Waals surface area (Å²) in [6.07, 6.45) is 1.33. The molecule has 1 heterocycles. The lowest BCUT2D eigenvalue weighted by molar-refractivity contribution is -0.119. The first-order chi connectivity index (χ1) is 14.3. The van der Waals surface area contributed by atoms with Gasteiger partial charge in [0, 0.05) is 24.2 Å². The molecule has 6 nitrogen and oxygen atoms in total. The molecule has 0 unspecified atom stereocenters. The van der Waals surface area contributed by atoms with E-state index in [0.717, 1.165) is 12.0 Å². The summed E-state index contributed by atoms with van der Waals surface area (Å²) in [6.45, 7) is 6.24. The quantitative estimate of drug-likeness (QED) is 0.726. The zero-order valence-electron chi connectivity index (χ0n) is 17.4. The van der Waals surface area contributed by atoms with Crippen LogP contribution in [0.4, 0.5) is 11.4 Å². The van der Waals surface area contributed by atoms with Gasteiger partial charge in [-0.15, -0.1) is 0 Å². The number of amides is 3. The number of halogens is 1. The van der Waals surface area contributed by atoms with Gasteiger partial charge in [-0.25, -0.2) is 0 Å². The summed E-state index contributed by atoms with van der Waals surface area (Å²) in [7, 11) is 0. The summed E-state index contributed by atoms with van der Waals surface area (Å²) in [6, 6.07) is 11.6. The molecular weight excluding hydrogens is 402 g/mol. The minimum Gasteiger partial charge on any atom is -0.340 e. The van der Waals surface area contributed by atoms with Crippen molar-refractivity contribution in [3.05, 3.63) is 58.6 Å². The fraction of sp³-hybridized carbons (Fsp3) is 0.348. The van der Waals surface area contributed by atoms with E-state index in [-0.39, 0.29) is 23.6 Å². The summed E-state index contributed by atoms with van der Waals surface area (Å²) in [5.74, 6) is -0.682. The van der Waals surface area contributed by atoms with Crippen molar-refractivity contribution in [2.75, 3.05) is 16.8 Å². The molecule has 1 aliphatic rings. The lowest BCUT2D eigenvalue weighted by atomic mass is 10.0. The van der Waals surface area contributed by atoms with Crippen LogP contribution in [0.1, 0.15) is 42.6 Å². The molecule has 2 aromatic carbocycles. The van der Waals surface area contributed by atoms with Gasteiger partial charge in [-0.05, 0) is 49.1 Å². The first-order valence-electron chi connectivity index (χ1n) is 10.0. The van der Waals surface area contributed by atoms with Crippen LogP contribution in [0.2, 0.25) is 5.02 Å². The number of hydrogen-bond acceptors (Lipinski definition) is 3. The fourth-order valence-corrected chi connectivity index (χ4v) is 3.79. The second kappa shape index (κ2) is 9.30. The standard InChI is InChI=1S/C23H26ClN3O3/c1-14(2)21(26-22(29)17-8-5-4-7-15(17)3)23(30)25-16-10-11-19(18(24)13-16)27-12-6-9-20(27)28/h4-5,7-8,10-11,13-14,21H,6,9,12H2,1-3H3,(H,25,30)(H,26,29)/t21-/m1/s1. The van der Waals surface area contributed by atoms with E-state index < -0.39 is 6.04 Å². The molecule has 0 radical (unpaired) electrons. The van der Waals surface area contributed by atoms with Crippen molar-refractivity contribution in [1.82, 2.24) is 5.32 Å². The van der Waals surface area contributed by atoms with E-state index in [9.17, 15) is 14.4 Å². The highest BCUT2D eigenvalue weighted by Crippen LogP contribution is 2.31. The predicted molar refractivity (Wildman–Crippen MR) is 119 cm³/mol. The van der Waals surface area contributed by atoms with Gasteiger partial charge in [0.1, 0.15) is 6.04 Å². The molecule has 1 atom stereocenters. The average molecular weight is 428 g/mol. The van der Waals surface area contributed by atoms with Gasteiger partial charge < -0.3 is 15.5 Å². The summed E-state index contributed by atoms with van der Waals surface area (Å²) >= 11 is 6.37. The Bertz CT molecular complexity index is 974. The molecule has 0 saturated carbocycles. The predicted octanol–water partition coefficient (Wildman–Crippen LogP) is 4.17. The maximum Gasteiger partial charge on any atom is 0.252 e. The second-order valence-electron chi connectivity index (χ2n) is 7.81. The molecule has 2 aromatic rings. The second-order valence-corrected chi connectivity index (χ2v) is 8.22. The molecule has 30 heavy (non-hydrogen) atoms. The monoisotopic (exact) mass is 427 g/mol. The highest BCUT2D eigenvalue weighted by Gasteiger charge is 2.26. The van der Waals surface area contributed by atoms with Crippen molar-refractivity contribution >= 4 is 40.7 Å². The maximum absolute atomic E-state index is 12.9. The molecule has 7 heteroatoms. The molecule has 158 valence electrons. The topological polar surface area (TPSA) is 78.5 Å². The number of nitrogens with zero attached hydrogens (tertiary/aromatic N) is 1. The molecule has 1 fully saturated rings. The maximum atomic E-state index is 12.9. The van der Waals surface area contributed by atoms with Gasteiger partial charge in [0.15, 0.2) is 0 Å². The number of rotatable bonds is 6. The van der Waals surface area contributed by atoms with Crippen molar-refractivity contribution < 1.29 is 14.4 Å². The third-order valence-corrected chi connectivity index (χ3v) is 5.51. The smallest absolute Gasteiger partial charge is 0.252 e. The van der Waals surface area contributed by atoms with Gasteiger partial charge in [0.25, 0.3) is 5.91 Å². The van der Waals surface area contributed by atoms with Crippen LogP contribution in [-0.4, -0.2) is 30.3 Å². The molecule has 0 spiro atoms. The Morgan fingerprint density at radius 3 is 2.47 bits per heavy atom. The van der Waals surface area contributed by atoms with Crippen LogP contribution in [-0.2, 0) is 9.59 Å². The zero-order valence-corrected chi connectivity index (χ0v) is 18.1. The molecular formula is C23H26ClN3O3. The van der Waals surface area contributed by atoms with Crippen molar-refractivity contribution in [3.8, 4) is 0 Å². The van der Waals surface area contributed by atoms with Crippen LogP contribution in [0.5, 0.6) is 0 Å². The average Bonchev–Trinajstić information content (AvgIpc) is 3.11. The van der Waals surface area contributed by atoms with E-state index in [4.69, 9.17) is 11.6 Å². The van der Waals surface area contributed by atoms with Crippen LogP contribution >= 0.6 is 11.6 Å². The Morgan fingerprint density at radius 1 is 1.13 bits per heavy atom. The molecule has 1 aliphatic heterocycles. The number of carbonyl (C=O) groups excluding carboxylic acids is 3. The minimum absolute atomic E-state index is 0.0486. The van der Waals surface area contributed by atoms with Crippen LogP contribution in [0, 0.1) is 12.8 Å². The third kappa shape index (κ3) is 4.82. The number of nitrogens with one attached hydrogen (secondary N) is 2. The Morgan fingerprint density at radius 2 is 1.87 bits per heavy atom. The lowest BCUT2D eigenvalue weighted by Crippen LogP contribution is -2.47. The number of carbonyl (C=O) groups is 3. The lowest BCUT2D eigenvalue weighted by Gasteiger charge is -2.23. The number of benzene rings is 2. The zero-order chi connectivity index (χ0) is 21.8. The number of anilines is 2. The Kier molecular flexibility index (Phi) is 6.77. The van der Waals surface area contributed by atoms with E-state index in [0.29, 0.717) is 34.9 Å². The molecule has 3 rings (SSSR count). The van der Waals surface area contributed by atoms with Gasteiger partial charge in [0.05, 0.1) is 10.7 Å². The van der Waals surface area contributed by atoms with Gasteiger partial charge >= 0.3 is 0 Å². The van der Waals surface area contributed by atoms with E-state index in [1.807, 2.05) is 32.9 Å². The van der Waals surface area contributed by atoms with Gasteiger partial charge in [0.2, 0.25) is 11.8 Å². The first-order valence-corrected chi connectivity index (χ1v) is 10.4. The molecule has 2 N–H and O–H groups in total. The summed E-state index contributed by atoms with van der Waals surface area (Å²) in [5, 5.41) is 6.05. The molecule has 0 aliphatic carbocycles. The molecule has 0 bridgehead atoms. The van der Waals surface area contributed by atoms with Crippen LogP contribution < -0.4 is 15.5 Å².